The van der Waals surface area contributed by atoms with E-state index in [4.69, 9.17) is 4.42 Å². The SMILES string of the molecule is Cc1ccoc1C(=O)NC(Cn1ccnc1)c1ccccc1. The highest BCUT2D eigenvalue weighted by molar-refractivity contribution is 5.93. The van der Waals surface area contributed by atoms with Crippen molar-refractivity contribution >= 4 is 5.91 Å². The van der Waals surface area contributed by atoms with Gasteiger partial charge in [-0.05, 0) is 18.6 Å². The van der Waals surface area contributed by atoms with Crippen LogP contribution in [0, 0.1) is 6.92 Å². The molecule has 0 saturated heterocycles. The number of hydrogen-bond donors (Lipinski definition) is 1. The first-order valence-corrected chi connectivity index (χ1v) is 7.09. The van der Waals surface area contributed by atoms with Gasteiger partial charge in [0.15, 0.2) is 5.76 Å². The molecule has 2 aromatic heterocycles. The largest absolute Gasteiger partial charge is 0.459 e. The van der Waals surface area contributed by atoms with Crippen LogP contribution in [0.1, 0.15) is 27.7 Å². The predicted molar refractivity (Wildman–Crippen MR) is 82.3 cm³/mol. The van der Waals surface area contributed by atoms with Crippen molar-refractivity contribution in [2.24, 2.45) is 0 Å². The maximum Gasteiger partial charge on any atom is 0.287 e. The van der Waals surface area contributed by atoms with E-state index in [1.807, 2.05) is 48.0 Å². The van der Waals surface area contributed by atoms with E-state index in [1.165, 1.54) is 6.26 Å². The second kappa shape index (κ2) is 6.30. The zero-order chi connectivity index (χ0) is 15.4. The average Bonchev–Trinajstić information content (AvgIpc) is 3.19. The second-order valence-corrected chi connectivity index (χ2v) is 5.13. The van der Waals surface area contributed by atoms with E-state index in [0.29, 0.717) is 12.3 Å². The van der Waals surface area contributed by atoms with E-state index < -0.39 is 0 Å². The fourth-order valence-electron chi connectivity index (χ4n) is 2.35. The molecule has 1 N–H and O–H groups in total. The van der Waals surface area contributed by atoms with E-state index in [1.54, 1.807) is 18.6 Å². The zero-order valence-corrected chi connectivity index (χ0v) is 12.3. The standard InChI is InChI=1S/C17H17N3O2/c1-13-7-10-22-16(13)17(21)19-15(11-20-9-8-18-12-20)14-5-3-2-4-6-14/h2-10,12,15H,11H2,1H3,(H,19,21). The molecule has 1 unspecified atom stereocenters. The molecule has 0 saturated carbocycles. The van der Waals surface area contributed by atoms with Crippen LogP contribution in [0.3, 0.4) is 0 Å². The molecule has 5 nitrogen and oxygen atoms in total. The Labute approximate surface area is 128 Å². The Bertz CT molecular complexity index is 732. The summed E-state index contributed by atoms with van der Waals surface area (Å²) in [5, 5.41) is 3.03. The number of aromatic nitrogens is 2. The summed E-state index contributed by atoms with van der Waals surface area (Å²) in [5.74, 6) is 0.142. The third kappa shape index (κ3) is 3.09. The number of carbonyl (C=O) groups is 1. The van der Waals surface area contributed by atoms with Gasteiger partial charge in [-0.1, -0.05) is 30.3 Å². The van der Waals surface area contributed by atoms with Gasteiger partial charge >= 0.3 is 0 Å². The van der Waals surface area contributed by atoms with E-state index >= 15 is 0 Å². The number of imidazole rings is 1. The summed E-state index contributed by atoms with van der Waals surface area (Å²) in [6.45, 7) is 2.46. The smallest absolute Gasteiger partial charge is 0.287 e. The molecule has 0 spiro atoms. The molecular formula is C17H17N3O2. The summed E-state index contributed by atoms with van der Waals surface area (Å²) in [4.78, 5) is 16.5. The highest BCUT2D eigenvalue weighted by atomic mass is 16.3. The van der Waals surface area contributed by atoms with Gasteiger partial charge in [0.1, 0.15) is 0 Å². The number of carbonyl (C=O) groups excluding carboxylic acids is 1. The third-order valence-electron chi connectivity index (χ3n) is 3.53. The topological polar surface area (TPSA) is 60.1 Å². The number of rotatable bonds is 5. The van der Waals surface area contributed by atoms with Gasteiger partial charge in [-0.2, -0.15) is 0 Å². The van der Waals surface area contributed by atoms with Crippen LogP contribution in [0.2, 0.25) is 0 Å². The monoisotopic (exact) mass is 295 g/mol. The first-order chi connectivity index (χ1) is 10.7. The normalized spacial score (nSPS) is 12.0. The number of amides is 1. The van der Waals surface area contributed by atoms with Crippen molar-refractivity contribution in [1.29, 1.82) is 0 Å². The van der Waals surface area contributed by atoms with Crippen LogP contribution in [0.5, 0.6) is 0 Å². The Morgan fingerprint density at radius 2 is 2.14 bits per heavy atom. The van der Waals surface area contributed by atoms with Gasteiger partial charge in [0.05, 0.1) is 18.6 Å². The number of nitrogens with one attached hydrogen (secondary N) is 1. The predicted octanol–water partition coefficient (Wildman–Crippen LogP) is 2.96. The van der Waals surface area contributed by atoms with Crippen LogP contribution in [0.4, 0.5) is 0 Å². The van der Waals surface area contributed by atoms with Crippen LogP contribution >= 0.6 is 0 Å². The molecule has 112 valence electrons. The van der Waals surface area contributed by atoms with E-state index in [9.17, 15) is 4.79 Å². The molecule has 1 amide bonds. The molecule has 0 aliphatic carbocycles. The van der Waals surface area contributed by atoms with Crippen molar-refractivity contribution in [3.05, 3.63) is 78.3 Å². The number of aryl methyl sites for hydroxylation is 1. The highest BCUT2D eigenvalue weighted by Gasteiger charge is 2.19. The van der Waals surface area contributed by atoms with Gasteiger partial charge < -0.3 is 14.3 Å². The van der Waals surface area contributed by atoms with Crippen molar-refractivity contribution < 1.29 is 9.21 Å². The van der Waals surface area contributed by atoms with Gasteiger partial charge in [-0.3, -0.25) is 4.79 Å². The zero-order valence-electron chi connectivity index (χ0n) is 12.3. The Morgan fingerprint density at radius 1 is 1.32 bits per heavy atom. The van der Waals surface area contributed by atoms with Crippen LogP contribution in [-0.2, 0) is 6.54 Å². The van der Waals surface area contributed by atoms with E-state index in [0.717, 1.165) is 11.1 Å². The van der Waals surface area contributed by atoms with Crippen molar-refractivity contribution in [1.82, 2.24) is 14.9 Å². The van der Waals surface area contributed by atoms with E-state index in [2.05, 4.69) is 10.3 Å². The van der Waals surface area contributed by atoms with Crippen LogP contribution in [0.15, 0.2) is 65.8 Å². The Morgan fingerprint density at radius 3 is 2.77 bits per heavy atom. The first-order valence-electron chi connectivity index (χ1n) is 7.09. The molecule has 1 aromatic carbocycles. The van der Waals surface area contributed by atoms with Gasteiger partial charge in [0.25, 0.3) is 5.91 Å². The molecule has 3 rings (SSSR count). The summed E-state index contributed by atoms with van der Waals surface area (Å²) in [7, 11) is 0. The van der Waals surface area contributed by atoms with Gasteiger partial charge in [0, 0.05) is 24.5 Å². The molecule has 0 aliphatic heterocycles. The van der Waals surface area contributed by atoms with Gasteiger partial charge in [-0.25, -0.2) is 4.98 Å². The van der Waals surface area contributed by atoms with Crippen molar-refractivity contribution in [3.63, 3.8) is 0 Å². The summed E-state index contributed by atoms with van der Waals surface area (Å²) >= 11 is 0. The number of nitrogens with zero attached hydrogens (tertiary/aromatic N) is 2. The number of furan rings is 1. The second-order valence-electron chi connectivity index (χ2n) is 5.13. The maximum absolute atomic E-state index is 12.4. The number of benzene rings is 1. The maximum atomic E-state index is 12.4. The minimum atomic E-state index is -0.212. The van der Waals surface area contributed by atoms with Crippen molar-refractivity contribution in [2.75, 3.05) is 0 Å². The fraction of sp³-hybridized carbons (Fsp3) is 0.176. The van der Waals surface area contributed by atoms with E-state index in [-0.39, 0.29) is 11.9 Å². The van der Waals surface area contributed by atoms with Crippen LogP contribution in [0.25, 0.3) is 0 Å². The highest BCUT2D eigenvalue weighted by Crippen LogP contribution is 2.17. The summed E-state index contributed by atoms with van der Waals surface area (Å²) < 4.78 is 7.20. The third-order valence-corrected chi connectivity index (χ3v) is 3.53. The lowest BCUT2D eigenvalue weighted by molar-refractivity contribution is 0.0903. The molecule has 0 aliphatic rings. The van der Waals surface area contributed by atoms with Crippen LogP contribution in [-0.4, -0.2) is 15.5 Å². The molecule has 22 heavy (non-hydrogen) atoms. The summed E-state index contributed by atoms with van der Waals surface area (Å²) in [6.07, 6.45) is 6.86. The summed E-state index contributed by atoms with van der Waals surface area (Å²) in [5.41, 5.74) is 1.86. The summed E-state index contributed by atoms with van der Waals surface area (Å²) in [6, 6.07) is 11.5. The van der Waals surface area contributed by atoms with Crippen molar-refractivity contribution in [2.45, 2.75) is 19.5 Å². The minimum absolute atomic E-state index is 0.160. The Balaban J connectivity index is 1.82. The molecule has 5 heteroatoms. The lowest BCUT2D eigenvalue weighted by atomic mass is 10.1. The number of hydrogen-bond acceptors (Lipinski definition) is 3. The molecule has 1 atom stereocenters. The Hall–Kier alpha value is -2.82. The van der Waals surface area contributed by atoms with Gasteiger partial charge in [0.2, 0.25) is 0 Å². The van der Waals surface area contributed by atoms with Gasteiger partial charge in [-0.15, -0.1) is 0 Å². The molecule has 3 aromatic rings. The fourth-order valence-corrected chi connectivity index (χ4v) is 2.35. The lowest BCUT2D eigenvalue weighted by Gasteiger charge is -2.19. The lowest BCUT2D eigenvalue weighted by Crippen LogP contribution is -2.31. The Kier molecular flexibility index (Phi) is 4.05. The molecule has 0 fully saturated rings. The molecule has 2 heterocycles. The molecule has 0 radical (unpaired) electrons. The van der Waals surface area contributed by atoms with Crippen molar-refractivity contribution in [3.8, 4) is 0 Å². The molecule has 0 bridgehead atoms. The molecular weight excluding hydrogens is 278 g/mol. The van der Waals surface area contributed by atoms with Crippen LogP contribution < -0.4 is 5.32 Å². The quantitative estimate of drug-likeness (QED) is 0.787. The first kappa shape index (κ1) is 14.1. The minimum Gasteiger partial charge on any atom is -0.459 e. The average molecular weight is 295 g/mol.